The molecule has 1 aromatic rings. The Labute approximate surface area is 149 Å². The predicted molar refractivity (Wildman–Crippen MR) is 88.0 cm³/mol. The van der Waals surface area contributed by atoms with Gasteiger partial charge in [-0.2, -0.15) is 13.2 Å². The van der Waals surface area contributed by atoms with Crippen molar-refractivity contribution in [2.45, 2.75) is 58.2 Å². The van der Waals surface area contributed by atoms with E-state index in [2.05, 4.69) is 12.2 Å². The lowest BCUT2D eigenvalue weighted by Gasteiger charge is -2.16. The van der Waals surface area contributed by atoms with Crippen LogP contribution in [0.15, 0.2) is 18.2 Å². The van der Waals surface area contributed by atoms with Crippen LogP contribution in [0.25, 0.3) is 0 Å². The Balaban J connectivity index is 2.60. The molecule has 1 amide bonds. The van der Waals surface area contributed by atoms with Crippen molar-refractivity contribution in [3.8, 4) is 0 Å². The minimum atomic E-state index is -4.89. The van der Waals surface area contributed by atoms with Gasteiger partial charge in [-0.25, -0.2) is 9.18 Å². The molecule has 0 heterocycles. The van der Waals surface area contributed by atoms with E-state index in [1.165, 1.54) is 6.92 Å². The van der Waals surface area contributed by atoms with E-state index >= 15 is 0 Å². The van der Waals surface area contributed by atoms with E-state index in [4.69, 9.17) is 4.74 Å². The Bertz CT molecular complexity index is 617. The van der Waals surface area contributed by atoms with E-state index in [-0.39, 0.29) is 12.7 Å². The van der Waals surface area contributed by atoms with Gasteiger partial charge < -0.3 is 10.1 Å². The molecule has 146 valence electrons. The highest BCUT2D eigenvalue weighted by Crippen LogP contribution is 2.32. The summed E-state index contributed by atoms with van der Waals surface area (Å²) >= 11 is 0. The monoisotopic (exact) mass is 377 g/mol. The third kappa shape index (κ3) is 7.01. The molecular formula is C18H23F4NO3. The highest BCUT2D eigenvalue weighted by Gasteiger charge is 2.36. The molecular weight excluding hydrogens is 354 g/mol. The number of halogens is 4. The maximum absolute atomic E-state index is 13.1. The fraction of sp³-hybridized carbons (Fsp3) is 0.556. The van der Waals surface area contributed by atoms with Gasteiger partial charge in [-0.15, -0.1) is 0 Å². The number of carbonyl (C=O) groups excluding carboxylic acids is 2. The number of ether oxygens (including phenoxy) is 1. The average molecular weight is 377 g/mol. The summed E-state index contributed by atoms with van der Waals surface area (Å²) in [6, 6.07) is 0.612. The van der Waals surface area contributed by atoms with Crippen LogP contribution in [0.2, 0.25) is 0 Å². The first-order valence-electron chi connectivity index (χ1n) is 8.51. The molecule has 0 saturated heterocycles. The first-order chi connectivity index (χ1) is 12.2. The van der Waals surface area contributed by atoms with Gasteiger partial charge >= 0.3 is 12.1 Å². The lowest BCUT2D eigenvalue weighted by atomic mass is 10.1. The minimum absolute atomic E-state index is 0.188. The van der Waals surface area contributed by atoms with Crippen LogP contribution in [0, 0.1) is 5.82 Å². The number of unbranched alkanes of at least 4 members (excludes halogenated alkanes) is 4. The Morgan fingerprint density at radius 1 is 1.15 bits per heavy atom. The molecule has 1 unspecified atom stereocenters. The van der Waals surface area contributed by atoms with Crippen molar-refractivity contribution in [1.82, 2.24) is 5.32 Å². The summed E-state index contributed by atoms with van der Waals surface area (Å²) < 4.78 is 56.9. The topological polar surface area (TPSA) is 55.4 Å². The molecule has 0 fully saturated rings. The smallest absolute Gasteiger partial charge is 0.417 e. The van der Waals surface area contributed by atoms with Crippen molar-refractivity contribution in [2.24, 2.45) is 0 Å². The van der Waals surface area contributed by atoms with Gasteiger partial charge in [0, 0.05) is 0 Å². The lowest BCUT2D eigenvalue weighted by Crippen LogP contribution is -2.40. The Kier molecular flexibility index (Phi) is 8.54. The van der Waals surface area contributed by atoms with E-state index < -0.39 is 41.0 Å². The number of rotatable bonds is 9. The first kappa shape index (κ1) is 21.9. The minimum Gasteiger partial charge on any atom is -0.464 e. The fourth-order valence-corrected chi connectivity index (χ4v) is 2.29. The zero-order valence-corrected chi connectivity index (χ0v) is 14.8. The number of hydrogen-bond acceptors (Lipinski definition) is 3. The van der Waals surface area contributed by atoms with Gasteiger partial charge in [-0.1, -0.05) is 32.6 Å². The molecule has 0 spiro atoms. The van der Waals surface area contributed by atoms with Gasteiger partial charge in [0.15, 0.2) is 0 Å². The molecule has 26 heavy (non-hydrogen) atoms. The first-order valence-corrected chi connectivity index (χ1v) is 8.51. The maximum atomic E-state index is 13.1. The molecule has 0 aliphatic carbocycles. The van der Waals surface area contributed by atoms with E-state index in [0.29, 0.717) is 6.42 Å². The molecule has 0 radical (unpaired) electrons. The van der Waals surface area contributed by atoms with Crippen molar-refractivity contribution >= 4 is 11.9 Å². The normalized spacial score (nSPS) is 12.5. The summed E-state index contributed by atoms with van der Waals surface area (Å²) in [5.74, 6) is -2.96. The van der Waals surface area contributed by atoms with Crippen molar-refractivity contribution in [3.63, 3.8) is 0 Å². The summed E-state index contributed by atoms with van der Waals surface area (Å²) in [7, 11) is 0. The van der Waals surface area contributed by atoms with E-state index in [1.54, 1.807) is 0 Å². The number of benzene rings is 1. The second-order valence-corrected chi connectivity index (χ2v) is 5.96. The molecule has 0 aliphatic rings. The van der Waals surface area contributed by atoms with Crippen LogP contribution in [0.3, 0.4) is 0 Å². The van der Waals surface area contributed by atoms with Crippen LogP contribution in [0.4, 0.5) is 17.6 Å². The second-order valence-electron chi connectivity index (χ2n) is 5.96. The van der Waals surface area contributed by atoms with Crippen LogP contribution in [-0.4, -0.2) is 24.5 Å². The van der Waals surface area contributed by atoms with Crippen LogP contribution in [-0.2, 0) is 15.7 Å². The zero-order chi connectivity index (χ0) is 19.7. The number of carbonyl (C=O) groups is 2. The predicted octanol–water partition coefficient (Wildman–Crippen LogP) is 4.48. The standard InChI is InChI=1S/C18H23F4NO3/c1-3-4-5-6-7-10-26-17(25)12(2)23-16(24)14-9-8-13(19)11-15(14)18(20,21)22/h8-9,11-12H,3-7,10H2,1-2H3,(H,23,24). The van der Waals surface area contributed by atoms with Crippen LogP contribution in [0.5, 0.6) is 0 Å². The van der Waals surface area contributed by atoms with Crippen molar-refractivity contribution < 1.29 is 31.9 Å². The molecule has 0 saturated carbocycles. The summed E-state index contributed by atoms with van der Waals surface area (Å²) in [4.78, 5) is 23.9. The van der Waals surface area contributed by atoms with Gasteiger partial charge in [0.05, 0.1) is 17.7 Å². The molecule has 0 aromatic heterocycles. The third-order valence-corrected chi connectivity index (χ3v) is 3.73. The SMILES string of the molecule is CCCCCCCOC(=O)C(C)NC(=O)c1ccc(F)cc1C(F)(F)F. The quantitative estimate of drug-likeness (QED) is 0.392. The molecule has 0 bridgehead atoms. The molecule has 8 heteroatoms. The zero-order valence-electron chi connectivity index (χ0n) is 14.8. The summed E-state index contributed by atoms with van der Waals surface area (Å²) in [5.41, 5.74) is -2.15. The van der Waals surface area contributed by atoms with Gasteiger partial charge in [-0.3, -0.25) is 4.79 Å². The van der Waals surface area contributed by atoms with Crippen LogP contribution in [0.1, 0.15) is 61.9 Å². The Morgan fingerprint density at radius 3 is 2.42 bits per heavy atom. The molecule has 0 aliphatic heterocycles. The number of amides is 1. The van der Waals surface area contributed by atoms with E-state index in [9.17, 15) is 27.2 Å². The number of alkyl halides is 3. The fourth-order valence-electron chi connectivity index (χ4n) is 2.29. The molecule has 4 nitrogen and oxygen atoms in total. The Morgan fingerprint density at radius 2 is 1.81 bits per heavy atom. The lowest BCUT2D eigenvalue weighted by molar-refractivity contribution is -0.145. The van der Waals surface area contributed by atoms with Gasteiger partial charge in [0.2, 0.25) is 0 Å². The number of esters is 1. The number of hydrogen-bond donors (Lipinski definition) is 1. The van der Waals surface area contributed by atoms with Gasteiger partial charge in [0.1, 0.15) is 11.9 Å². The van der Waals surface area contributed by atoms with E-state index in [1.807, 2.05) is 0 Å². The second kappa shape index (κ2) is 10.1. The average Bonchev–Trinajstić information content (AvgIpc) is 2.56. The highest BCUT2D eigenvalue weighted by atomic mass is 19.4. The van der Waals surface area contributed by atoms with Crippen LogP contribution >= 0.6 is 0 Å². The van der Waals surface area contributed by atoms with Gasteiger partial charge in [-0.05, 0) is 31.5 Å². The van der Waals surface area contributed by atoms with Crippen LogP contribution < -0.4 is 5.32 Å². The molecule has 1 atom stereocenters. The molecule has 1 rings (SSSR count). The van der Waals surface area contributed by atoms with Crippen molar-refractivity contribution in [2.75, 3.05) is 6.61 Å². The molecule has 1 N–H and O–H groups in total. The largest absolute Gasteiger partial charge is 0.464 e. The summed E-state index contributed by atoms with van der Waals surface area (Å²) in [6.45, 7) is 3.58. The Hall–Kier alpha value is -2.12. The molecule has 1 aromatic carbocycles. The highest BCUT2D eigenvalue weighted by molar-refractivity contribution is 5.98. The third-order valence-electron chi connectivity index (χ3n) is 3.73. The van der Waals surface area contributed by atoms with E-state index in [0.717, 1.165) is 37.8 Å². The van der Waals surface area contributed by atoms with Crippen molar-refractivity contribution in [3.05, 3.63) is 35.1 Å². The summed E-state index contributed by atoms with van der Waals surface area (Å²) in [6.07, 6.45) is -0.0805. The van der Waals surface area contributed by atoms with Gasteiger partial charge in [0.25, 0.3) is 5.91 Å². The number of nitrogens with one attached hydrogen (secondary N) is 1. The summed E-state index contributed by atoms with van der Waals surface area (Å²) in [5, 5.41) is 2.15. The maximum Gasteiger partial charge on any atom is 0.417 e. The van der Waals surface area contributed by atoms with Crippen molar-refractivity contribution in [1.29, 1.82) is 0 Å².